The largest absolute Gasteiger partial charge is 0.481 e. The van der Waals surface area contributed by atoms with E-state index in [9.17, 15) is 14.7 Å². The molecule has 1 N–H and O–H groups in total. The summed E-state index contributed by atoms with van der Waals surface area (Å²) in [6.07, 6.45) is 0. The van der Waals surface area contributed by atoms with Gasteiger partial charge in [-0.1, -0.05) is 43.0 Å². The first-order valence-electron chi connectivity index (χ1n) is 7.25. The van der Waals surface area contributed by atoms with Crippen LogP contribution in [0.1, 0.15) is 47.8 Å². The van der Waals surface area contributed by atoms with Crippen LogP contribution in [0, 0.1) is 38.5 Å². The Kier molecular flexibility index (Phi) is 8.18. The number of rotatable bonds is 5. The van der Waals surface area contributed by atoms with Crippen LogP contribution in [-0.2, 0) is 9.36 Å². The van der Waals surface area contributed by atoms with E-state index >= 15 is 0 Å². The molecule has 0 bridgehead atoms. The van der Waals surface area contributed by atoms with E-state index in [0.29, 0.717) is 5.56 Å². The first kappa shape index (κ1) is 20.5. The molecule has 122 valence electrons. The summed E-state index contributed by atoms with van der Waals surface area (Å²) in [5, 5.41) is 9.23. The van der Waals surface area contributed by atoms with Gasteiger partial charge in [-0.3, -0.25) is 9.59 Å². The Morgan fingerprint density at radius 3 is 1.73 bits per heavy atom. The summed E-state index contributed by atoms with van der Waals surface area (Å²) < 4.78 is 8.17. The Morgan fingerprint density at radius 1 is 1.00 bits per heavy atom. The predicted molar refractivity (Wildman–Crippen MR) is 90.5 cm³/mol. The van der Waals surface area contributed by atoms with Gasteiger partial charge in [-0.05, 0) is 37.8 Å². The molecule has 1 aromatic rings. The molecule has 1 aromatic carbocycles. The number of carbonyl (C=O) groups is 2. The van der Waals surface area contributed by atoms with E-state index < -0.39 is 17.8 Å². The molecule has 0 aliphatic heterocycles. The lowest BCUT2D eigenvalue weighted by Gasteiger charge is -2.25. The number of hydrogen-bond acceptors (Lipinski definition) is 3. The van der Waals surface area contributed by atoms with E-state index in [0.717, 1.165) is 16.7 Å². The summed E-state index contributed by atoms with van der Waals surface area (Å²) in [7, 11) is 1.17. The van der Waals surface area contributed by atoms with Crippen LogP contribution in [0.4, 0.5) is 0 Å². The summed E-state index contributed by atoms with van der Waals surface area (Å²) in [4.78, 5) is 24.1. The second kappa shape index (κ2) is 8.79. The maximum atomic E-state index is 12.8. The van der Waals surface area contributed by atoms with Gasteiger partial charge in [0, 0.05) is 11.5 Å². The van der Waals surface area contributed by atoms with Crippen LogP contribution in [0.3, 0.4) is 0 Å². The molecule has 0 aliphatic rings. The molecule has 5 heteroatoms. The maximum Gasteiger partial charge on any atom is 0.310 e. The first-order chi connectivity index (χ1) is 10.2. The molecule has 1 rings (SSSR count). The van der Waals surface area contributed by atoms with Crippen LogP contribution in [-0.4, -0.2) is 16.9 Å². The average Bonchev–Trinajstić information content (AvgIpc) is 2.39. The lowest BCUT2D eigenvalue weighted by Crippen LogP contribution is -2.32. The molecule has 0 saturated heterocycles. The molecule has 0 aromatic heterocycles. The molecule has 0 heterocycles. The predicted octanol–water partition coefficient (Wildman–Crippen LogP) is 3.99. The van der Waals surface area contributed by atoms with E-state index in [4.69, 9.17) is 4.57 Å². The molecular weight excluding hydrogens is 299 g/mol. The summed E-state index contributed by atoms with van der Waals surface area (Å²) >= 11 is 0. The average molecular weight is 325 g/mol. The highest BCUT2D eigenvalue weighted by Crippen LogP contribution is 2.29. The van der Waals surface area contributed by atoms with Gasteiger partial charge in [-0.2, -0.15) is 0 Å². The monoisotopic (exact) mass is 325 g/mol. The van der Waals surface area contributed by atoms with Crippen molar-refractivity contribution in [1.29, 1.82) is 0 Å². The number of Topliss-reactive ketones (excluding diaryl/α,β-unsaturated/α-hetero) is 1. The van der Waals surface area contributed by atoms with Crippen molar-refractivity contribution in [3.63, 3.8) is 0 Å². The topological polar surface area (TPSA) is 71.4 Å². The standard InChI is InChI=1S/C17H24O3.H2OP/c1-9(2)14(13(6)17(19)20)16(18)15-11(4)7-10(3)8-12(15)5;1-2/h7-9,13-14H,1-6H3,(H,19,20);2H2/q;+1. The van der Waals surface area contributed by atoms with Crippen LogP contribution in [0.25, 0.3) is 0 Å². The van der Waals surface area contributed by atoms with Crippen LogP contribution in [0.15, 0.2) is 12.1 Å². The lowest BCUT2D eigenvalue weighted by molar-refractivity contribution is -0.142. The Bertz CT molecular complexity index is 529. The number of ketones is 1. The van der Waals surface area contributed by atoms with Gasteiger partial charge in [0.15, 0.2) is 5.78 Å². The number of carbonyl (C=O) groups excluding carboxylic acids is 1. The van der Waals surface area contributed by atoms with Gasteiger partial charge < -0.3 is 5.11 Å². The van der Waals surface area contributed by atoms with Crippen molar-refractivity contribution in [2.75, 3.05) is 0 Å². The smallest absolute Gasteiger partial charge is 0.310 e. The fourth-order valence-electron chi connectivity index (χ4n) is 3.00. The number of aliphatic carboxylic acids is 1. The van der Waals surface area contributed by atoms with E-state index in [1.165, 1.54) is 9.12 Å². The molecule has 22 heavy (non-hydrogen) atoms. The minimum atomic E-state index is -0.917. The summed E-state index contributed by atoms with van der Waals surface area (Å²) in [5.74, 6) is -2.15. The van der Waals surface area contributed by atoms with E-state index in [-0.39, 0.29) is 11.7 Å². The van der Waals surface area contributed by atoms with Gasteiger partial charge in [0.2, 0.25) is 0 Å². The number of hydrogen-bond donors (Lipinski definition) is 1. The summed E-state index contributed by atoms with van der Waals surface area (Å²) in [6.45, 7) is 11.2. The van der Waals surface area contributed by atoms with Gasteiger partial charge in [0.25, 0.3) is 0 Å². The maximum absolute atomic E-state index is 12.8. The summed E-state index contributed by atoms with van der Waals surface area (Å²) in [6, 6.07) is 3.95. The normalized spacial score (nSPS) is 13.0. The van der Waals surface area contributed by atoms with Crippen molar-refractivity contribution in [3.05, 3.63) is 34.4 Å². The number of benzene rings is 1. The molecule has 3 atom stereocenters. The molecule has 0 saturated carbocycles. The lowest BCUT2D eigenvalue weighted by atomic mass is 9.77. The molecule has 4 nitrogen and oxygen atoms in total. The fraction of sp³-hybridized carbons (Fsp3) is 0.529. The second-order valence-corrected chi connectivity index (χ2v) is 6.03. The van der Waals surface area contributed by atoms with E-state index in [2.05, 4.69) is 0 Å². The van der Waals surface area contributed by atoms with Gasteiger partial charge in [0.1, 0.15) is 0 Å². The minimum absolute atomic E-state index is 0.00583. The molecule has 0 radical (unpaired) electrons. The molecule has 0 amide bonds. The Morgan fingerprint density at radius 2 is 1.41 bits per heavy atom. The van der Waals surface area contributed by atoms with E-state index in [1.807, 2.05) is 46.8 Å². The third-order valence-electron chi connectivity index (χ3n) is 3.87. The van der Waals surface area contributed by atoms with Crippen molar-refractivity contribution in [2.45, 2.75) is 41.5 Å². The summed E-state index contributed by atoms with van der Waals surface area (Å²) in [5.41, 5.74) is 3.65. The third kappa shape index (κ3) is 4.74. The van der Waals surface area contributed by atoms with Crippen LogP contribution in [0.5, 0.6) is 0 Å². The second-order valence-electron chi connectivity index (χ2n) is 6.03. The van der Waals surface area contributed by atoms with Gasteiger partial charge >= 0.3 is 15.1 Å². The molecule has 0 fully saturated rings. The van der Waals surface area contributed by atoms with Gasteiger partial charge in [0.05, 0.1) is 5.92 Å². The number of aryl methyl sites for hydroxylation is 3. The van der Waals surface area contributed by atoms with Gasteiger partial charge in [-0.15, -0.1) is 0 Å². The quantitative estimate of drug-likeness (QED) is 0.656. The van der Waals surface area contributed by atoms with Gasteiger partial charge in [-0.25, -0.2) is 0 Å². The van der Waals surface area contributed by atoms with Crippen LogP contribution in [0.2, 0.25) is 0 Å². The molecule has 3 unspecified atom stereocenters. The molecule has 0 spiro atoms. The molecule has 0 aliphatic carbocycles. The van der Waals surface area contributed by atoms with Crippen molar-refractivity contribution in [3.8, 4) is 0 Å². The number of carboxylic acid groups (broad SMARTS) is 1. The van der Waals surface area contributed by atoms with Crippen LogP contribution < -0.4 is 0 Å². The fourth-order valence-corrected chi connectivity index (χ4v) is 3.00. The van der Waals surface area contributed by atoms with Crippen LogP contribution >= 0.6 is 9.12 Å². The molecular formula is C17H26O4P+. The Hall–Kier alpha value is -1.54. The van der Waals surface area contributed by atoms with Crippen molar-refractivity contribution in [1.82, 2.24) is 0 Å². The number of carboxylic acids is 1. The third-order valence-corrected chi connectivity index (χ3v) is 3.87. The highest BCUT2D eigenvalue weighted by atomic mass is 31.0. The highest BCUT2D eigenvalue weighted by Gasteiger charge is 2.34. The SMILES string of the molecule is Cc1cc(C)c(C(=O)C(C(C)C)C(C)C(=O)O)c(C)c1.O=[PH2+]. The zero-order valence-corrected chi connectivity index (χ0v) is 15.3. The highest BCUT2D eigenvalue weighted by molar-refractivity contribution is 7.00. The minimum Gasteiger partial charge on any atom is -0.481 e. The van der Waals surface area contributed by atoms with Crippen molar-refractivity contribution >= 4 is 20.9 Å². The van der Waals surface area contributed by atoms with Crippen molar-refractivity contribution < 1.29 is 19.3 Å². The zero-order chi connectivity index (χ0) is 17.6. The van der Waals surface area contributed by atoms with Crippen molar-refractivity contribution in [2.24, 2.45) is 17.8 Å². The first-order valence-corrected chi connectivity index (χ1v) is 7.72. The van der Waals surface area contributed by atoms with E-state index in [1.54, 1.807) is 6.92 Å². The Balaban J connectivity index is 0.00000211. The Labute approximate surface area is 134 Å². The zero-order valence-electron chi connectivity index (χ0n) is 14.1.